The molecule has 0 N–H and O–H groups in total. The van der Waals surface area contributed by atoms with E-state index < -0.39 is 17.3 Å². The zero-order valence-electron chi connectivity index (χ0n) is 18.5. The van der Waals surface area contributed by atoms with E-state index in [1.807, 2.05) is 34.6 Å². The van der Waals surface area contributed by atoms with Crippen molar-refractivity contribution in [1.29, 1.82) is 0 Å². The third kappa shape index (κ3) is 7.38. The lowest BCUT2D eigenvalue weighted by atomic mass is 10.1. The Bertz CT molecular complexity index is 705. The summed E-state index contributed by atoms with van der Waals surface area (Å²) in [6, 6.07) is 3.94. The number of halogens is 3. The van der Waals surface area contributed by atoms with Gasteiger partial charge in [-0.05, 0) is 57.6 Å². The fourth-order valence-corrected chi connectivity index (χ4v) is 3.36. The molecule has 8 heteroatoms. The summed E-state index contributed by atoms with van der Waals surface area (Å²) in [7, 11) is 0. The molecule has 0 radical (unpaired) electrons. The molecule has 1 fully saturated rings. The highest BCUT2D eigenvalue weighted by Crippen LogP contribution is 2.34. The fourth-order valence-electron chi connectivity index (χ4n) is 3.36. The number of ether oxygens (including phenoxy) is 2. The lowest BCUT2D eigenvalue weighted by Gasteiger charge is -2.33. The van der Waals surface area contributed by atoms with E-state index >= 15 is 0 Å². The van der Waals surface area contributed by atoms with Crippen LogP contribution >= 0.6 is 0 Å². The van der Waals surface area contributed by atoms with Crippen molar-refractivity contribution in [3.63, 3.8) is 0 Å². The molecule has 1 aromatic carbocycles. The molecule has 0 unspecified atom stereocenters. The number of alkyl halides is 3. The van der Waals surface area contributed by atoms with Crippen molar-refractivity contribution in [1.82, 2.24) is 9.80 Å². The Hall–Kier alpha value is -1.96. The van der Waals surface area contributed by atoms with Crippen LogP contribution in [0, 0.1) is 0 Å². The van der Waals surface area contributed by atoms with Gasteiger partial charge in [-0.2, -0.15) is 13.2 Å². The normalized spacial score (nSPS) is 16.1. The first-order chi connectivity index (χ1) is 13.9. The first-order valence-electron chi connectivity index (χ1n) is 10.5. The van der Waals surface area contributed by atoms with E-state index in [1.54, 1.807) is 11.0 Å². The molecule has 0 atom stereocenters. The van der Waals surface area contributed by atoms with Gasteiger partial charge in [0.1, 0.15) is 17.5 Å². The van der Waals surface area contributed by atoms with Crippen LogP contribution in [0.3, 0.4) is 0 Å². The Morgan fingerprint density at radius 3 is 2.20 bits per heavy atom. The smallest absolute Gasteiger partial charge is 0.416 e. The molecule has 170 valence electrons. The quantitative estimate of drug-likeness (QED) is 0.612. The molecule has 1 heterocycles. The van der Waals surface area contributed by atoms with Crippen LogP contribution in [0.25, 0.3) is 0 Å². The zero-order chi connectivity index (χ0) is 22.5. The highest BCUT2D eigenvalue weighted by atomic mass is 19.4. The van der Waals surface area contributed by atoms with E-state index in [9.17, 15) is 18.0 Å². The molecular weight excluding hydrogens is 397 g/mol. The van der Waals surface area contributed by atoms with E-state index in [0.29, 0.717) is 38.0 Å². The van der Waals surface area contributed by atoms with Gasteiger partial charge in [-0.1, -0.05) is 13.8 Å². The summed E-state index contributed by atoms with van der Waals surface area (Å²) < 4.78 is 51.4. The Labute approximate surface area is 177 Å². The molecule has 2 rings (SSSR count). The zero-order valence-corrected chi connectivity index (χ0v) is 18.5. The average molecular weight is 431 g/mol. The SMILES string of the molecule is CCN(CC)Cc1cc(OC2CCN(C(=O)OC(C)(C)C)CC2)cc(C(F)(F)F)c1. The van der Waals surface area contributed by atoms with Gasteiger partial charge in [-0.25, -0.2) is 4.79 Å². The number of benzene rings is 1. The number of hydrogen-bond acceptors (Lipinski definition) is 4. The van der Waals surface area contributed by atoms with Crippen molar-refractivity contribution in [2.45, 2.75) is 71.9 Å². The maximum Gasteiger partial charge on any atom is 0.416 e. The van der Waals surface area contributed by atoms with Gasteiger partial charge >= 0.3 is 12.3 Å². The minimum atomic E-state index is -4.43. The summed E-state index contributed by atoms with van der Waals surface area (Å²) in [6.45, 7) is 12.2. The van der Waals surface area contributed by atoms with Crippen LogP contribution in [0.15, 0.2) is 18.2 Å². The molecule has 0 bridgehead atoms. The van der Waals surface area contributed by atoms with Gasteiger partial charge in [0.05, 0.1) is 5.56 Å². The summed E-state index contributed by atoms with van der Waals surface area (Å²) in [5.74, 6) is 0.225. The monoisotopic (exact) mass is 430 g/mol. The van der Waals surface area contributed by atoms with Crippen LogP contribution in [0.5, 0.6) is 5.75 Å². The largest absolute Gasteiger partial charge is 0.490 e. The highest BCUT2D eigenvalue weighted by Gasteiger charge is 2.32. The number of likely N-dealkylation sites (tertiary alicyclic amines) is 1. The van der Waals surface area contributed by atoms with E-state index in [-0.39, 0.29) is 17.9 Å². The second kappa shape index (κ2) is 9.90. The number of carbonyl (C=O) groups excluding carboxylic acids is 1. The second-order valence-electron chi connectivity index (χ2n) is 8.61. The van der Waals surface area contributed by atoms with E-state index in [0.717, 1.165) is 19.2 Å². The van der Waals surface area contributed by atoms with Crippen LogP contribution < -0.4 is 4.74 Å². The molecule has 1 aliphatic rings. The number of hydrogen-bond donors (Lipinski definition) is 0. The molecule has 1 aliphatic heterocycles. The molecule has 1 saturated heterocycles. The molecule has 0 saturated carbocycles. The van der Waals surface area contributed by atoms with E-state index in [4.69, 9.17) is 9.47 Å². The van der Waals surface area contributed by atoms with Crippen molar-refractivity contribution >= 4 is 6.09 Å². The summed E-state index contributed by atoms with van der Waals surface area (Å²) in [4.78, 5) is 15.8. The number of rotatable bonds is 6. The number of amides is 1. The van der Waals surface area contributed by atoms with Gasteiger partial charge in [-0.3, -0.25) is 4.90 Å². The van der Waals surface area contributed by atoms with Crippen molar-refractivity contribution < 1.29 is 27.4 Å². The van der Waals surface area contributed by atoms with Crippen LogP contribution in [-0.2, 0) is 17.5 Å². The molecule has 1 amide bonds. The fraction of sp³-hybridized carbons (Fsp3) is 0.682. The van der Waals surface area contributed by atoms with Gasteiger partial charge in [0.25, 0.3) is 0 Å². The van der Waals surface area contributed by atoms with Crippen LogP contribution in [0.1, 0.15) is 58.6 Å². The summed E-state index contributed by atoms with van der Waals surface area (Å²) in [6.07, 6.45) is -3.96. The molecule has 0 aliphatic carbocycles. The van der Waals surface area contributed by atoms with Crippen molar-refractivity contribution in [3.05, 3.63) is 29.3 Å². The van der Waals surface area contributed by atoms with Crippen molar-refractivity contribution in [2.75, 3.05) is 26.2 Å². The Kier molecular flexibility index (Phi) is 8.02. The third-order valence-electron chi connectivity index (χ3n) is 4.99. The van der Waals surface area contributed by atoms with E-state index in [1.165, 1.54) is 6.07 Å². The van der Waals surface area contributed by atoms with Gasteiger partial charge in [0.2, 0.25) is 0 Å². The average Bonchev–Trinajstić information content (AvgIpc) is 2.64. The van der Waals surface area contributed by atoms with Crippen LogP contribution in [0.2, 0.25) is 0 Å². The van der Waals surface area contributed by atoms with Crippen LogP contribution in [0.4, 0.5) is 18.0 Å². The Balaban J connectivity index is 2.06. The first kappa shape index (κ1) is 24.3. The molecule has 0 aromatic heterocycles. The number of piperidine rings is 1. The van der Waals surface area contributed by atoms with Gasteiger partial charge < -0.3 is 14.4 Å². The topological polar surface area (TPSA) is 42.0 Å². The summed E-state index contributed by atoms with van der Waals surface area (Å²) in [5, 5.41) is 0. The predicted molar refractivity (Wildman–Crippen MR) is 110 cm³/mol. The maximum absolute atomic E-state index is 13.4. The predicted octanol–water partition coefficient (Wildman–Crippen LogP) is 5.33. The standard InChI is InChI=1S/C22H33F3N2O3/c1-6-26(7-2)15-16-12-17(22(23,24)25)14-19(13-16)29-18-8-10-27(11-9-18)20(28)30-21(3,4)5/h12-14,18H,6-11,15H2,1-5H3. The number of nitrogens with zero attached hydrogens (tertiary/aromatic N) is 2. The molecule has 1 aromatic rings. The van der Waals surface area contributed by atoms with Crippen molar-refractivity contribution in [2.24, 2.45) is 0 Å². The van der Waals surface area contributed by atoms with Gasteiger partial charge in [0.15, 0.2) is 0 Å². The van der Waals surface area contributed by atoms with Gasteiger partial charge in [0, 0.05) is 32.5 Å². The molecular formula is C22H33F3N2O3. The van der Waals surface area contributed by atoms with Crippen molar-refractivity contribution in [3.8, 4) is 5.75 Å². The highest BCUT2D eigenvalue weighted by molar-refractivity contribution is 5.68. The molecule has 30 heavy (non-hydrogen) atoms. The molecule has 5 nitrogen and oxygen atoms in total. The summed E-state index contributed by atoms with van der Waals surface area (Å²) >= 11 is 0. The first-order valence-corrected chi connectivity index (χ1v) is 10.5. The van der Waals surface area contributed by atoms with E-state index in [2.05, 4.69) is 4.90 Å². The lowest BCUT2D eigenvalue weighted by molar-refractivity contribution is -0.137. The second-order valence-corrected chi connectivity index (χ2v) is 8.61. The Morgan fingerprint density at radius 1 is 1.10 bits per heavy atom. The Morgan fingerprint density at radius 2 is 1.70 bits per heavy atom. The minimum Gasteiger partial charge on any atom is -0.490 e. The van der Waals surface area contributed by atoms with Gasteiger partial charge in [-0.15, -0.1) is 0 Å². The third-order valence-corrected chi connectivity index (χ3v) is 4.99. The van der Waals surface area contributed by atoms with Crippen LogP contribution in [-0.4, -0.2) is 53.8 Å². The number of carbonyl (C=O) groups is 1. The maximum atomic E-state index is 13.4. The lowest BCUT2D eigenvalue weighted by Crippen LogP contribution is -2.44. The minimum absolute atomic E-state index is 0.225. The summed E-state index contributed by atoms with van der Waals surface area (Å²) in [5.41, 5.74) is -0.688. The molecule has 0 spiro atoms.